The number of aromatic nitrogens is 1. The molecule has 1 heterocycles. The number of aryl methyl sites for hydroxylation is 1. The Balaban J connectivity index is 3.65. The second-order valence-electron chi connectivity index (χ2n) is 3.03. The molecule has 0 amide bonds. The molecule has 1 aromatic heterocycles. The van der Waals surface area contributed by atoms with Gasteiger partial charge in [0.05, 0.1) is 7.11 Å². The van der Waals surface area contributed by atoms with Gasteiger partial charge in [0, 0.05) is 11.8 Å². The van der Waals surface area contributed by atoms with Crippen LogP contribution < -0.4 is 9.88 Å². The lowest BCUT2D eigenvalue weighted by Crippen LogP contribution is -2.17. The number of methoxy groups -OCH3 is 1. The number of rotatable bonds is 3. The highest BCUT2D eigenvalue weighted by Crippen LogP contribution is 2.31. The zero-order valence-electron chi connectivity index (χ0n) is 8.57. The Bertz CT molecular complexity index is 502. The van der Waals surface area contributed by atoms with E-state index in [0.717, 1.165) is 0 Å². The zero-order valence-corrected chi connectivity index (χ0v) is 9.38. The number of sulfonamides is 1. The molecule has 8 heteroatoms. The maximum absolute atomic E-state index is 12.6. The predicted molar refractivity (Wildman–Crippen MR) is 51.9 cm³/mol. The molecule has 2 N–H and O–H groups in total. The summed E-state index contributed by atoms with van der Waals surface area (Å²) in [5.41, 5.74) is -0.668. The van der Waals surface area contributed by atoms with E-state index in [0.29, 0.717) is 0 Å². The van der Waals surface area contributed by atoms with Crippen molar-refractivity contribution in [2.24, 2.45) is 5.14 Å². The standard InChI is InChI=1S/C8H10F2N2O3S/c1-4-3-5(15-2)7(16(11,13)14)6(12-4)8(9)10/h3,8H,1-2H3,(H2,11,13,14). The van der Waals surface area contributed by atoms with Crippen LogP contribution in [0.4, 0.5) is 8.78 Å². The third kappa shape index (κ3) is 2.45. The molecule has 0 aliphatic rings. The largest absolute Gasteiger partial charge is 0.495 e. The van der Waals surface area contributed by atoms with Crippen LogP contribution in [0.5, 0.6) is 5.75 Å². The quantitative estimate of drug-likeness (QED) is 0.869. The Hall–Kier alpha value is -1.28. The van der Waals surface area contributed by atoms with Crippen LogP contribution in [0.1, 0.15) is 17.8 Å². The van der Waals surface area contributed by atoms with E-state index in [-0.39, 0.29) is 11.4 Å². The van der Waals surface area contributed by atoms with Gasteiger partial charge in [-0.2, -0.15) is 0 Å². The lowest BCUT2D eigenvalue weighted by atomic mass is 10.3. The average molecular weight is 252 g/mol. The van der Waals surface area contributed by atoms with Gasteiger partial charge in [0.1, 0.15) is 11.4 Å². The number of hydrogen-bond acceptors (Lipinski definition) is 4. The van der Waals surface area contributed by atoms with Crippen LogP contribution in [-0.4, -0.2) is 20.5 Å². The van der Waals surface area contributed by atoms with Crippen molar-refractivity contribution in [3.63, 3.8) is 0 Å². The number of nitrogens with zero attached hydrogens (tertiary/aromatic N) is 1. The predicted octanol–water partition coefficient (Wildman–Crippen LogP) is 0.984. The zero-order chi connectivity index (χ0) is 12.5. The number of nitrogens with two attached hydrogens (primary N) is 1. The first-order chi connectivity index (χ1) is 7.27. The molecule has 0 saturated carbocycles. The molecule has 0 unspecified atom stereocenters. The Morgan fingerprint density at radius 3 is 2.44 bits per heavy atom. The SMILES string of the molecule is COc1cc(C)nc(C(F)F)c1S(N)(=O)=O. The number of primary sulfonamides is 1. The third-order valence-corrected chi connectivity index (χ3v) is 2.78. The van der Waals surface area contributed by atoms with E-state index in [2.05, 4.69) is 4.98 Å². The van der Waals surface area contributed by atoms with Crippen molar-refractivity contribution < 1.29 is 21.9 Å². The van der Waals surface area contributed by atoms with Crippen LogP contribution >= 0.6 is 0 Å². The normalized spacial score (nSPS) is 11.9. The Kier molecular flexibility index (Phi) is 3.44. The first-order valence-electron chi connectivity index (χ1n) is 4.14. The maximum atomic E-state index is 12.6. The van der Waals surface area contributed by atoms with Gasteiger partial charge >= 0.3 is 0 Å². The molecule has 0 spiro atoms. The van der Waals surface area contributed by atoms with Crippen molar-refractivity contribution in [1.82, 2.24) is 4.98 Å². The Labute approximate surface area is 91.3 Å². The van der Waals surface area contributed by atoms with E-state index in [1.54, 1.807) is 0 Å². The number of alkyl halides is 2. The van der Waals surface area contributed by atoms with Gasteiger partial charge in [0.25, 0.3) is 6.43 Å². The van der Waals surface area contributed by atoms with Crippen LogP contribution in [0.15, 0.2) is 11.0 Å². The number of halogens is 2. The van der Waals surface area contributed by atoms with Crippen molar-refractivity contribution in [2.45, 2.75) is 18.2 Å². The van der Waals surface area contributed by atoms with Crippen molar-refractivity contribution in [1.29, 1.82) is 0 Å². The number of pyridine rings is 1. The van der Waals surface area contributed by atoms with Gasteiger partial charge in [-0.05, 0) is 6.92 Å². The number of ether oxygens (including phenoxy) is 1. The van der Waals surface area contributed by atoms with E-state index in [1.807, 2.05) is 0 Å². The van der Waals surface area contributed by atoms with Gasteiger partial charge in [-0.25, -0.2) is 22.3 Å². The van der Waals surface area contributed by atoms with Gasteiger partial charge < -0.3 is 4.74 Å². The van der Waals surface area contributed by atoms with Gasteiger partial charge in [0.15, 0.2) is 4.90 Å². The monoisotopic (exact) mass is 252 g/mol. The maximum Gasteiger partial charge on any atom is 0.281 e. The summed E-state index contributed by atoms with van der Waals surface area (Å²) in [6.45, 7) is 1.45. The van der Waals surface area contributed by atoms with Crippen molar-refractivity contribution in [2.75, 3.05) is 7.11 Å². The summed E-state index contributed by atoms with van der Waals surface area (Å²) >= 11 is 0. The lowest BCUT2D eigenvalue weighted by molar-refractivity contribution is 0.141. The molecule has 16 heavy (non-hydrogen) atoms. The molecule has 0 radical (unpaired) electrons. The summed E-state index contributed by atoms with van der Waals surface area (Å²) in [6, 6.07) is 1.23. The summed E-state index contributed by atoms with van der Waals surface area (Å²) in [4.78, 5) is 2.69. The highest BCUT2D eigenvalue weighted by atomic mass is 32.2. The van der Waals surface area contributed by atoms with Gasteiger partial charge in [0.2, 0.25) is 10.0 Å². The molecular formula is C8H10F2N2O3S. The fourth-order valence-corrected chi connectivity index (χ4v) is 2.09. The van der Waals surface area contributed by atoms with E-state index < -0.39 is 27.0 Å². The van der Waals surface area contributed by atoms with Crippen LogP contribution in [0, 0.1) is 6.92 Å². The third-order valence-electron chi connectivity index (χ3n) is 1.80. The fraction of sp³-hybridized carbons (Fsp3) is 0.375. The topological polar surface area (TPSA) is 82.3 Å². The summed E-state index contributed by atoms with van der Waals surface area (Å²) in [6.07, 6.45) is -3.04. The van der Waals surface area contributed by atoms with Crippen molar-refractivity contribution >= 4 is 10.0 Å². The second-order valence-corrected chi connectivity index (χ2v) is 4.52. The molecule has 0 aromatic carbocycles. The number of hydrogen-bond donors (Lipinski definition) is 1. The van der Waals surface area contributed by atoms with E-state index >= 15 is 0 Å². The van der Waals surface area contributed by atoms with Crippen molar-refractivity contribution in [3.05, 3.63) is 17.5 Å². The molecule has 0 aliphatic heterocycles. The molecule has 0 saturated heterocycles. The average Bonchev–Trinajstić information content (AvgIpc) is 2.14. The minimum Gasteiger partial charge on any atom is -0.495 e. The highest BCUT2D eigenvalue weighted by molar-refractivity contribution is 7.89. The summed E-state index contributed by atoms with van der Waals surface area (Å²) in [5.74, 6) is -0.231. The van der Waals surface area contributed by atoms with Crippen LogP contribution in [-0.2, 0) is 10.0 Å². The molecule has 0 fully saturated rings. The van der Waals surface area contributed by atoms with Crippen LogP contribution in [0.3, 0.4) is 0 Å². The Morgan fingerprint density at radius 1 is 1.50 bits per heavy atom. The molecule has 1 aromatic rings. The molecule has 0 aliphatic carbocycles. The van der Waals surface area contributed by atoms with E-state index in [9.17, 15) is 17.2 Å². The molecule has 90 valence electrons. The van der Waals surface area contributed by atoms with Crippen LogP contribution in [0.2, 0.25) is 0 Å². The minimum atomic E-state index is -4.31. The van der Waals surface area contributed by atoms with E-state index in [1.165, 1.54) is 20.1 Å². The molecule has 0 bridgehead atoms. The first-order valence-corrected chi connectivity index (χ1v) is 5.68. The molecule has 1 rings (SSSR count). The molecular weight excluding hydrogens is 242 g/mol. The second kappa shape index (κ2) is 4.30. The summed E-state index contributed by atoms with van der Waals surface area (Å²) < 4.78 is 52.3. The molecule has 5 nitrogen and oxygen atoms in total. The Morgan fingerprint density at radius 2 is 2.06 bits per heavy atom. The minimum absolute atomic E-state index is 0.222. The van der Waals surface area contributed by atoms with Crippen molar-refractivity contribution in [3.8, 4) is 5.75 Å². The fourth-order valence-electron chi connectivity index (χ4n) is 1.24. The van der Waals surface area contributed by atoms with Crippen LogP contribution in [0.25, 0.3) is 0 Å². The van der Waals surface area contributed by atoms with E-state index in [4.69, 9.17) is 9.88 Å². The first kappa shape index (κ1) is 12.8. The smallest absolute Gasteiger partial charge is 0.281 e. The summed E-state index contributed by atoms with van der Waals surface area (Å²) in [5, 5.41) is 4.84. The highest BCUT2D eigenvalue weighted by Gasteiger charge is 2.27. The van der Waals surface area contributed by atoms with Gasteiger partial charge in [-0.15, -0.1) is 0 Å². The summed E-state index contributed by atoms with van der Waals surface area (Å²) in [7, 11) is -3.14. The van der Waals surface area contributed by atoms with Gasteiger partial charge in [-0.1, -0.05) is 0 Å². The lowest BCUT2D eigenvalue weighted by Gasteiger charge is -2.11. The molecule has 0 atom stereocenters. The van der Waals surface area contributed by atoms with Gasteiger partial charge in [-0.3, -0.25) is 4.98 Å².